The molecule has 1 aromatic rings. The van der Waals surface area contributed by atoms with E-state index in [1.54, 1.807) is 6.07 Å². The molecule has 0 spiro atoms. The molecule has 0 aliphatic heterocycles. The summed E-state index contributed by atoms with van der Waals surface area (Å²) in [7, 11) is 0. The van der Waals surface area contributed by atoms with Gasteiger partial charge in [0.05, 0.1) is 6.10 Å². The van der Waals surface area contributed by atoms with Crippen LogP contribution >= 0.6 is 23.2 Å². The number of hydrogen-bond acceptors (Lipinski definition) is 2. The Morgan fingerprint density at radius 2 is 1.80 bits per heavy atom. The van der Waals surface area contributed by atoms with E-state index in [9.17, 15) is 5.11 Å². The van der Waals surface area contributed by atoms with E-state index in [1.165, 1.54) is 0 Å². The Kier molecular flexibility index (Phi) is 6.80. The van der Waals surface area contributed by atoms with Crippen molar-refractivity contribution in [3.05, 3.63) is 33.8 Å². The fraction of sp³-hybridized carbons (Fsp3) is 0.625. The number of benzene rings is 1. The smallest absolute Gasteiger partial charge is 0.0761 e. The first kappa shape index (κ1) is 17.8. The molecule has 2 atom stereocenters. The molecule has 2 unspecified atom stereocenters. The maximum Gasteiger partial charge on any atom is 0.0761 e. The standard InChI is InChI=1S/C16H25Cl2NO/c1-5-16(4,19(6-2)7-3)15(20)10-12-8-9-13(17)11-14(12)18/h8-9,11,15,20H,5-7,10H2,1-4H3. The minimum Gasteiger partial charge on any atom is -0.391 e. The zero-order chi connectivity index (χ0) is 15.3. The molecule has 0 saturated heterocycles. The molecule has 0 radical (unpaired) electrons. The topological polar surface area (TPSA) is 23.5 Å². The van der Waals surface area contributed by atoms with Crippen LogP contribution in [0.5, 0.6) is 0 Å². The van der Waals surface area contributed by atoms with Crippen molar-refractivity contribution in [3.63, 3.8) is 0 Å². The van der Waals surface area contributed by atoms with Crippen molar-refractivity contribution in [2.45, 2.75) is 52.2 Å². The van der Waals surface area contributed by atoms with Gasteiger partial charge in [-0.2, -0.15) is 0 Å². The lowest BCUT2D eigenvalue weighted by Gasteiger charge is -2.43. The van der Waals surface area contributed by atoms with Crippen molar-refractivity contribution < 1.29 is 5.11 Å². The molecule has 0 aliphatic rings. The molecule has 0 aliphatic carbocycles. The van der Waals surface area contributed by atoms with Crippen LogP contribution in [0.4, 0.5) is 0 Å². The summed E-state index contributed by atoms with van der Waals surface area (Å²) in [5.74, 6) is 0. The number of nitrogens with zero attached hydrogens (tertiary/aromatic N) is 1. The maximum atomic E-state index is 10.7. The first-order valence-electron chi connectivity index (χ1n) is 7.26. The minimum atomic E-state index is -0.467. The Morgan fingerprint density at radius 3 is 2.25 bits per heavy atom. The third-order valence-corrected chi connectivity index (χ3v) is 4.93. The van der Waals surface area contributed by atoms with E-state index in [0.29, 0.717) is 16.5 Å². The number of likely N-dealkylation sites (N-methyl/N-ethyl adjacent to an activating group) is 1. The molecular formula is C16H25Cl2NO. The largest absolute Gasteiger partial charge is 0.391 e. The summed E-state index contributed by atoms with van der Waals surface area (Å²) in [6, 6.07) is 5.44. The second kappa shape index (κ2) is 7.65. The van der Waals surface area contributed by atoms with Crippen molar-refractivity contribution in [1.29, 1.82) is 0 Å². The SMILES string of the molecule is CCN(CC)C(C)(CC)C(O)Cc1ccc(Cl)cc1Cl. The lowest BCUT2D eigenvalue weighted by Crippen LogP contribution is -2.54. The highest BCUT2D eigenvalue weighted by molar-refractivity contribution is 6.35. The molecule has 0 fully saturated rings. The first-order chi connectivity index (χ1) is 9.38. The lowest BCUT2D eigenvalue weighted by molar-refractivity contribution is -0.0190. The van der Waals surface area contributed by atoms with Gasteiger partial charge in [0.2, 0.25) is 0 Å². The van der Waals surface area contributed by atoms with E-state index in [2.05, 4.69) is 32.6 Å². The second-order valence-electron chi connectivity index (χ2n) is 5.34. The highest BCUT2D eigenvalue weighted by atomic mass is 35.5. The predicted octanol–water partition coefficient (Wildman–Crippen LogP) is 4.41. The molecule has 0 heterocycles. The summed E-state index contributed by atoms with van der Waals surface area (Å²) in [6.45, 7) is 10.3. The van der Waals surface area contributed by atoms with Crippen molar-refractivity contribution in [3.8, 4) is 0 Å². The van der Waals surface area contributed by atoms with Crippen molar-refractivity contribution >= 4 is 23.2 Å². The van der Waals surface area contributed by atoms with Crippen LogP contribution in [0.25, 0.3) is 0 Å². The van der Waals surface area contributed by atoms with Crippen LogP contribution in [0.1, 0.15) is 39.7 Å². The summed E-state index contributed by atoms with van der Waals surface area (Å²) in [5, 5.41) is 12.0. The van der Waals surface area contributed by atoms with Crippen LogP contribution in [0.15, 0.2) is 18.2 Å². The molecule has 1 rings (SSSR count). The van der Waals surface area contributed by atoms with Crippen molar-refractivity contribution in [2.75, 3.05) is 13.1 Å². The van der Waals surface area contributed by atoms with Gasteiger partial charge in [0.1, 0.15) is 0 Å². The molecule has 2 nitrogen and oxygen atoms in total. The monoisotopic (exact) mass is 317 g/mol. The summed E-state index contributed by atoms with van der Waals surface area (Å²) in [5.41, 5.74) is 0.697. The summed E-state index contributed by atoms with van der Waals surface area (Å²) < 4.78 is 0. The average molecular weight is 318 g/mol. The number of aliphatic hydroxyl groups is 1. The Labute approximate surface area is 132 Å². The Bertz CT molecular complexity index is 434. The highest BCUT2D eigenvalue weighted by Crippen LogP contribution is 2.29. The van der Waals surface area contributed by atoms with Crippen LogP contribution in [0.2, 0.25) is 10.0 Å². The van der Waals surface area contributed by atoms with Crippen LogP contribution in [-0.4, -0.2) is 34.7 Å². The number of aliphatic hydroxyl groups excluding tert-OH is 1. The van der Waals surface area contributed by atoms with Crippen LogP contribution < -0.4 is 0 Å². The van der Waals surface area contributed by atoms with Gasteiger partial charge in [0.25, 0.3) is 0 Å². The number of halogens is 2. The molecule has 20 heavy (non-hydrogen) atoms. The van der Waals surface area contributed by atoms with Gasteiger partial charge in [-0.05, 0) is 44.1 Å². The summed E-state index contributed by atoms with van der Waals surface area (Å²) >= 11 is 12.1. The van der Waals surface area contributed by atoms with E-state index in [1.807, 2.05) is 12.1 Å². The zero-order valence-electron chi connectivity index (χ0n) is 12.8. The van der Waals surface area contributed by atoms with E-state index < -0.39 is 6.10 Å². The first-order valence-corrected chi connectivity index (χ1v) is 8.01. The Hall–Kier alpha value is -0.280. The fourth-order valence-electron chi connectivity index (χ4n) is 2.73. The van der Waals surface area contributed by atoms with Gasteiger partial charge >= 0.3 is 0 Å². The summed E-state index contributed by atoms with van der Waals surface area (Å²) in [6.07, 6.45) is 0.962. The Morgan fingerprint density at radius 1 is 1.20 bits per heavy atom. The molecule has 1 N–H and O–H groups in total. The maximum absolute atomic E-state index is 10.7. The van der Waals surface area contributed by atoms with Gasteiger partial charge < -0.3 is 5.11 Å². The molecule has 1 aromatic carbocycles. The van der Waals surface area contributed by atoms with Gasteiger partial charge in [-0.1, -0.05) is 50.0 Å². The zero-order valence-corrected chi connectivity index (χ0v) is 14.3. The van der Waals surface area contributed by atoms with Gasteiger partial charge in [0, 0.05) is 22.0 Å². The molecule has 0 bridgehead atoms. The molecule has 4 heteroatoms. The molecule has 0 amide bonds. The Balaban J connectivity index is 2.94. The predicted molar refractivity (Wildman–Crippen MR) is 87.8 cm³/mol. The third kappa shape index (κ3) is 3.88. The van der Waals surface area contributed by atoms with E-state index >= 15 is 0 Å². The molecule has 0 saturated carbocycles. The van der Waals surface area contributed by atoms with E-state index in [-0.39, 0.29) is 5.54 Å². The van der Waals surface area contributed by atoms with Crippen LogP contribution in [0, 0.1) is 0 Å². The number of rotatable bonds is 7. The van der Waals surface area contributed by atoms with Crippen LogP contribution in [0.3, 0.4) is 0 Å². The van der Waals surface area contributed by atoms with Crippen molar-refractivity contribution in [1.82, 2.24) is 4.90 Å². The molecular weight excluding hydrogens is 293 g/mol. The minimum absolute atomic E-state index is 0.244. The fourth-order valence-corrected chi connectivity index (χ4v) is 3.22. The highest BCUT2D eigenvalue weighted by Gasteiger charge is 2.36. The normalized spacial score (nSPS) is 16.2. The van der Waals surface area contributed by atoms with Crippen LogP contribution in [-0.2, 0) is 6.42 Å². The van der Waals surface area contributed by atoms with E-state index in [0.717, 1.165) is 25.1 Å². The van der Waals surface area contributed by atoms with Gasteiger partial charge in [-0.3, -0.25) is 4.90 Å². The third-order valence-electron chi connectivity index (χ3n) is 4.35. The number of hydrogen-bond donors (Lipinski definition) is 1. The summed E-state index contributed by atoms with van der Waals surface area (Å²) in [4.78, 5) is 2.31. The van der Waals surface area contributed by atoms with Gasteiger partial charge in [-0.15, -0.1) is 0 Å². The molecule has 0 aromatic heterocycles. The average Bonchev–Trinajstić information content (AvgIpc) is 2.42. The molecule has 114 valence electrons. The second-order valence-corrected chi connectivity index (χ2v) is 6.18. The van der Waals surface area contributed by atoms with Gasteiger partial charge in [0.15, 0.2) is 0 Å². The lowest BCUT2D eigenvalue weighted by atomic mass is 9.85. The van der Waals surface area contributed by atoms with Gasteiger partial charge in [-0.25, -0.2) is 0 Å². The quantitative estimate of drug-likeness (QED) is 0.805. The van der Waals surface area contributed by atoms with Crippen molar-refractivity contribution in [2.24, 2.45) is 0 Å². The van der Waals surface area contributed by atoms with E-state index in [4.69, 9.17) is 23.2 Å².